The molecule has 0 bridgehead atoms. The van der Waals surface area contributed by atoms with Crippen LogP contribution in [0.4, 0.5) is 5.82 Å². The summed E-state index contributed by atoms with van der Waals surface area (Å²) in [5.41, 5.74) is 1.50. The molecule has 1 aliphatic heterocycles. The molecule has 0 amide bonds. The molecule has 7 heteroatoms. The first-order chi connectivity index (χ1) is 13.8. The number of rotatable bonds is 4. The number of anilines is 1. The predicted molar refractivity (Wildman–Crippen MR) is 116 cm³/mol. The normalized spacial score (nSPS) is 18.2. The van der Waals surface area contributed by atoms with E-state index < -0.39 is 0 Å². The molecule has 0 atom stereocenters. The lowest BCUT2D eigenvalue weighted by molar-refractivity contribution is 0.0930. The first-order valence-electron chi connectivity index (χ1n) is 10.1. The maximum Gasteiger partial charge on any atom is 0.186 e. The van der Waals surface area contributed by atoms with Crippen LogP contribution in [0.1, 0.15) is 39.4 Å². The van der Waals surface area contributed by atoms with Gasteiger partial charge in [0.25, 0.3) is 0 Å². The van der Waals surface area contributed by atoms with Gasteiger partial charge in [-0.05, 0) is 42.7 Å². The van der Waals surface area contributed by atoms with Crippen LogP contribution in [0.15, 0.2) is 23.8 Å². The zero-order valence-electron chi connectivity index (χ0n) is 15.9. The van der Waals surface area contributed by atoms with Gasteiger partial charge in [-0.25, -0.2) is 9.97 Å². The van der Waals surface area contributed by atoms with Crippen molar-refractivity contribution < 1.29 is 4.79 Å². The van der Waals surface area contributed by atoms with E-state index in [2.05, 4.69) is 14.8 Å². The van der Waals surface area contributed by atoms with Crippen LogP contribution >= 0.6 is 22.7 Å². The van der Waals surface area contributed by atoms with Crippen molar-refractivity contribution in [2.24, 2.45) is 0 Å². The number of thiophene rings is 2. The lowest BCUT2D eigenvalue weighted by Gasteiger charge is -2.35. The summed E-state index contributed by atoms with van der Waals surface area (Å²) >= 11 is 3.40. The number of aryl methyl sites for hydroxylation is 2. The smallest absolute Gasteiger partial charge is 0.186 e. The van der Waals surface area contributed by atoms with Crippen molar-refractivity contribution in [2.45, 2.75) is 32.1 Å². The molecule has 1 fully saturated rings. The van der Waals surface area contributed by atoms with Crippen molar-refractivity contribution in [1.29, 1.82) is 0 Å². The lowest BCUT2D eigenvalue weighted by Crippen LogP contribution is -2.48. The summed E-state index contributed by atoms with van der Waals surface area (Å²) < 4.78 is 0. The van der Waals surface area contributed by atoms with Gasteiger partial charge in [0.2, 0.25) is 0 Å². The number of hydrogen-bond acceptors (Lipinski definition) is 7. The maximum atomic E-state index is 12.4. The summed E-state index contributed by atoms with van der Waals surface area (Å²) in [4.78, 5) is 29.9. The van der Waals surface area contributed by atoms with Gasteiger partial charge in [0.1, 0.15) is 17.0 Å². The Hall–Kier alpha value is -1.83. The summed E-state index contributed by atoms with van der Waals surface area (Å²) in [6, 6.07) is 3.86. The average molecular weight is 413 g/mol. The van der Waals surface area contributed by atoms with Crippen molar-refractivity contribution in [3.05, 3.63) is 39.2 Å². The first kappa shape index (κ1) is 18.2. The van der Waals surface area contributed by atoms with E-state index in [1.807, 2.05) is 28.8 Å². The largest absolute Gasteiger partial charge is 0.353 e. The number of Topliss-reactive ketones (excluding diaryl/α,β-unsaturated/α-hetero) is 1. The Morgan fingerprint density at radius 1 is 1.07 bits per heavy atom. The summed E-state index contributed by atoms with van der Waals surface area (Å²) in [6.45, 7) is 4.13. The average Bonchev–Trinajstić information content (AvgIpc) is 3.32. The van der Waals surface area contributed by atoms with E-state index in [-0.39, 0.29) is 5.78 Å². The Labute approximate surface area is 173 Å². The third-order valence-corrected chi connectivity index (χ3v) is 7.93. The Morgan fingerprint density at radius 2 is 1.93 bits per heavy atom. The van der Waals surface area contributed by atoms with Crippen LogP contribution in [0.5, 0.6) is 0 Å². The predicted octanol–water partition coefficient (Wildman–Crippen LogP) is 4.03. The fourth-order valence-electron chi connectivity index (χ4n) is 4.33. The van der Waals surface area contributed by atoms with Crippen LogP contribution in [0.3, 0.4) is 0 Å². The van der Waals surface area contributed by atoms with Crippen LogP contribution in [-0.2, 0) is 12.8 Å². The minimum Gasteiger partial charge on any atom is -0.353 e. The third-order valence-electron chi connectivity index (χ3n) is 5.82. The van der Waals surface area contributed by atoms with Crippen molar-refractivity contribution in [3.63, 3.8) is 0 Å². The van der Waals surface area contributed by atoms with Gasteiger partial charge in [-0.1, -0.05) is 12.5 Å². The van der Waals surface area contributed by atoms with Crippen molar-refractivity contribution in [2.75, 3.05) is 37.6 Å². The minimum absolute atomic E-state index is 0.232. The second-order valence-electron chi connectivity index (χ2n) is 7.61. The van der Waals surface area contributed by atoms with E-state index in [0.29, 0.717) is 6.54 Å². The van der Waals surface area contributed by atoms with Gasteiger partial charge in [-0.3, -0.25) is 9.69 Å². The van der Waals surface area contributed by atoms with Crippen LogP contribution < -0.4 is 4.90 Å². The minimum atomic E-state index is 0.232. The molecule has 3 aromatic rings. The van der Waals surface area contributed by atoms with Gasteiger partial charge in [-0.15, -0.1) is 22.7 Å². The van der Waals surface area contributed by atoms with Gasteiger partial charge in [0.05, 0.1) is 16.8 Å². The van der Waals surface area contributed by atoms with E-state index in [1.54, 1.807) is 6.33 Å². The summed E-state index contributed by atoms with van der Waals surface area (Å²) in [7, 11) is 0. The lowest BCUT2D eigenvalue weighted by atomic mass is 10.1. The molecule has 3 aromatic heterocycles. The molecule has 4 heterocycles. The molecule has 1 aliphatic carbocycles. The zero-order valence-corrected chi connectivity index (χ0v) is 17.5. The monoisotopic (exact) mass is 412 g/mol. The number of carbonyl (C=O) groups is 1. The quantitative estimate of drug-likeness (QED) is 0.478. The molecule has 0 radical (unpaired) electrons. The van der Waals surface area contributed by atoms with E-state index in [0.717, 1.165) is 48.1 Å². The molecule has 2 aliphatic rings. The molecule has 0 saturated carbocycles. The van der Waals surface area contributed by atoms with Crippen molar-refractivity contribution in [3.8, 4) is 0 Å². The molecule has 0 unspecified atom stereocenters. The van der Waals surface area contributed by atoms with E-state index >= 15 is 0 Å². The molecule has 28 heavy (non-hydrogen) atoms. The number of hydrogen-bond donors (Lipinski definition) is 0. The summed E-state index contributed by atoms with van der Waals surface area (Å²) in [5, 5.41) is 3.27. The standard InChI is InChI=1S/C21H24N4OS2/c26-16(18-7-4-12-27-18)13-24-8-10-25(11-9-24)20-19-15-5-2-1-3-6-17(15)28-21(19)23-14-22-20/h4,7,12,14H,1-3,5-6,8-11,13H2. The Bertz CT molecular complexity index is 974. The molecule has 5 nitrogen and oxygen atoms in total. The van der Waals surface area contributed by atoms with E-state index in [1.165, 1.54) is 52.8 Å². The highest BCUT2D eigenvalue weighted by atomic mass is 32.1. The van der Waals surface area contributed by atoms with Gasteiger partial charge in [-0.2, -0.15) is 0 Å². The number of ketones is 1. The highest BCUT2D eigenvalue weighted by Gasteiger charge is 2.25. The van der Waals surface area contributed by atoms with Crippen LogP contribution in [0.2, 0.25) is 0 Å². The molecule has 1 saturated heterocycles. The van der Waals surface area contributed by atoms with Crippen molar-refractivity contribution >= 4 is 44.5 Å². The second kappa shape index (κ2) is 7.89. The Balaban J connectivity index is 1.33. The van der Waals surface area contributed by atoms with Crippen LogP contribution in [0.25, 0.3) is 10.2 Å². The summed E-state index contributed by atoms with van der Waals surface area (Å²) in [6.07, 6.45) is 7.95. The number of carbonyl (C=O) groups excluding carboxylic acids is 1. The second-order valence-corrected chi connectivity index (χ2v) is 9.64. The van der Waals surface area contributed by atoms with Crippen LogP contribution in [-0.4, -0.2) is 53.4 Å². The van der Waals surface area contributed by atoms with Crippen molar-refractivity contribution in [1.82, 2.24) is 14.9 Å². The SMILES string of the molecule is O=C(CN1CCN(c2ncnc3sc4c(c23)CCCCC4)CC1)c1cccs1. The molecule has 0 aromatic carbocycles. The van der Waals surface area contributed by atoms with E-state index in [4.69, 9.17) is 4.98 Å². The van der Waals surface area contributed by atoms with Gasteiger partial charge in [0, 0.05) is 31.1 Å². The molecule has 0 N–H and O–H groups in total. The molecule has 0 spiro atoms. The number of nitrogens with zero attached hydrogens (tertiary/aromatic N) is 4. The number of fused-ring (bicyclic) bond motifs is 3. The highest BCUT2D eigenvalue weighted by molar-refractivity contribution is 7.19. The van der Waals surface area contributed by atoms with E-state index in [9.17, 15) is 4.79 Å². The van der Waals surface area contributed by atoms with Gasteiger partial charge in [0.15, 0.2) is 5.78 Å². The maximum absolute atomic E-state index is 12.4. The molecular weight excluding hydrogens is 388 g/mol. The summed E-state index contributed by atoms with van der Waals surface area (Å²) in [5.74, 6) is 1.34. The molecule has 146 valence electrons. The Morgan fingerprint density at radius 3 is 2.75 bits per heavy atom. The zero-order chi connectivity index (χ0) is 18.9. The van der Waals surface area contributed by atoms with Gasteiger partial charge < -0.3 is 4.90 Å². The fraction of sp³-hybridized carbons (Fsp3) is 0.476. The Kier molecular flexibility index (Phi) is 5.13. The number of aromatic nitrogens is 2. The highest BCUT2D eigenvalue weighted by Crippen LogP contribution is 2.38. The molecule has 5 rings (SSSR count). The number of piperazine rings is 1. The van der Waals surface area contributed by atoms with Gasteiger partial charge >= 0.3 is 0 Å². The third kappa shape index (κ3) is 3.47. The molecular formula is C21H24N4OS2. The topological polar surface area (TPSA) is 49.3 Å². The van der Waals surface area contributed by atoms with Crippen LogP contribution in [0, 0.1) is 0 Å². The fourth-order valence-corrected chi connectivity index (χ4v) is 6.21. The first-order valence-corrected chi connectivity index (χ1v) is 11.8.